The van der Waals surface area contributed by atoms with Gasteiger partial charge in [0.25, 0.3) is 5.91 Å². The monoisotopic (exact) mass is 448 g/mol. The molecule has 4 heterocycles. The van der Waals surface area contributed by atoms with Crippen LogP contribution < -0.4 is 20.7 Å². The van der Waals surface area contributed by atoms with Crippen molar-refractivity contribution in [1.29, 1.82) is 0 Å². The van der Waals surface area contributed by atoms with Gasteiger partial charge in [0, 0.05) is 30.0 Å². The molecule has 0 radical (unpaired) electrons. The highest BCUT2D eigenvalue weighted by Crippen LogP contribution is 2.35. The van der Waals surface area contributed by atoms with E-state index in [-0.39, 0.29) is 18.1 Å². The highest BCUT2D eigenvalue weighted by atomic mass is 16.5. The van der Waals surface area contributed by atoms with Gasteiger partial charge >= 0.3 is 0 Å². The molecule has 5 rings (SSSR count). The summed E-state index contributed by atoms with van der Waals surface area (Å²) in [7, 11) is 0. The Balaban J connectivity index is 1.55. The Hall–Kier alpha value is -2.97. The maximum atomic E-state index is 13.1. The number of ether oxygens (including phenoxy) is 1. The van der Waals surface area contributed by atoms with Crippen LogP contribution >= 0.6 is 0 Å². The lowest BCUT2D eigenvalue weighted by atomic mass is 10.1. The van der Waals surface area contributed by atoms with Crippen molar-refractivity contribution in [3.05, 3.63) is 47.8 Å². The fourth-order valence-corrected chi connectivity index (χ4v) is 4.83. The van der Waals surface area contributed by atoms with Crippen molar-refractivity contribution in [3.8, 4) is 5.75 Å². The zero-order valence-electron chi connectivity index (χ0n) is 19.1. The number of piperidine rings is 1. The van der Waals surface area contributed by atoms with Crippen LogP contribution in [0, 0.1) is 6.92 Å². The molecule has 1 aromatic carbocycles. The Morgan fingerprint density at radius 3 is 2.85 bits per heavy atom. The number of nitrogens with one attached hydrogen (secondary N) is 3. The molecule has 2 fully saturated rings. The summed E-state index contributed by atoms with van der Waals surface area (Å²) in [6.07, 6.45) is 7.13. The lowest BCUT2D eigenvalue weighted by Crippen LogP contribution is -2.34. The minimum absolute atomic E-state index is 0.181. The average Bonchev–Trinajstić information content (AvgIpc) is 2.99. The summed E-state index contributed by atoms with van der Waals surface area (Å²) in [6, 6.07) is 9.72. The predicted molar refractivity (Wildman–Crippen MR) is 129 cm³/mol. The van der Waals surface area contributed by atoms with Crippen LogP contribution in [0.1, 0.15) is 54.2 Å². The first kappa shape index (κ1) is 21.9. The minimum atomic E-state index is -0.181. The molecule has 0 bridgehead atoms. The first-order chi connectivity index (χ1) is 16.2. The van der Waals surface area contributed by atoms with E-state index in [2.05, 4.69) is 25.5 Å². The third-order valence-corrected chi connectivity index (χ3v) is 6.52. The van der Waals surface area contributed by atoms with E-state index in [1.807, 2.05) is 25.1 Å². The topological polar surface area (TPSA) is 93.1 Å². The van der Waals surface area contributed by atoms with Crippen molar-refractivity contribution in [2.45, 2.75) is 51.2 Å². The van der Waals surface area contributed by atoms with Crippen molar-refractivity contribution in [2.75, 3.05) is 31.5 Å². The SMILES string of the molecule is Cc1cc(C(=O)Nc2nc3cccc(OC4CCNCC4)c3n2[C@@H]2CCCCNC2)ccn1. The maximum Gasteiger partial charge on any atom is 0.258 e. The molecule has 3 N–H and O–H groups in total. The molecule has 2 aliphatic heterocycles. The highest BCUT2D eigenvalue weighted by molar-refractivity contribution is 6.04. The van der Waals surface area contributed by atoms with E-state index in [4.69, 9.17) is 9.72 Å². The Morgan fingerprint density at radius 2 is 2.00 bits per heavy atom. The molecule has 8 heteroatoms. The number of amides is 1. The summed E-state index contributed by atoms with van der Waals surface area (Å²) in [5, 5.41) is 10.0. The van der Waals surface area contributed by atoms with Gasteiger partial charge in [0.15, 0.2) is 0 Å². The lowest BCUT2D eigenvalue weighted by molar-refractivity contribution is 0.102. The molecule has 33 heavy (non-hydrogen) atoms. The average molecular weight is 449 g/mol. The smallest absolute Gasteiger partial charge is 0.258 e. The van der Waals surface area contributed by atoms with Crippen molar-refractivity contribution in [2.24, 2.45) is 0 Å². The Labute approximate surface area is 194 Å². The molecule has 2 aliphatic rings. The summed E-state index contributed by atoms with van der Waals surface area (Å²) < 4.78 is 8.70. The van der Waals surface area contributed by atoms with E-state index >= 15 is 0 Å². The zero-order chi connectivity index (χ0) is 22.6. The lowest BCUT2D eigenvalue weighted by Gasteiger charge is -2.26. The van der Waals surface area contributed by atoms with Crippen LogP contribution in [-0.4, -0.2) is 52.7 Å². The number of imidazole rings is 1. The van der Waals surface area contributed by atoms with E-state index in [9.17, 15) is 4.79 Å². The normalized spacial score (nSPS) is 19.8. The number of anilines is 1. The van der Waals surface area contributed by atoms with Crippen LogP contribution in [0.3, 0.4) is 0 Å². The van der Waals surface area contributed by atoms with Crippen LogP contribution in [0.25, 0.3) is 11.0 Å². The van der Waals surface area contributed by atoms with Gasteiger partial charge in [0.2, 0.25) is 5.95 Å². The standard InChI is InChI=1S/C25H32N6O2/c1-17-15-18(8-14-28-17)24(32)30-25-29-21-6-4-7-22(33-20-9-12-26-13-10-20)23(21)31(25)19-5-2-3-11-27-16-19/h4,6-8,14-15,19-20,26-27H,2-3,5,9-13,16H2,1H3,(H,29,30,32)/t19-/m1/s1. The van der Waals surface area contributed by atoms with Crippen LogP contribution in [0.15, 0.2) is 36.5 Å². The van der Waals surface area contributed by atoms with Crippen molar-refractivity contribution < 1.29 is 9.53 Å². The number of aryl methyl sites for hydroxylation is 1. The minimum Gasteiger partial charge on any atom is -0.488 e. The van der Waals surface area contributed by atoms with Gasteiger partial charge in [0.1, 0.15) is 17.4 Å². The zero-order valence-corrected chi connectivity index (χ0v) is 19.1. The van der Waals surface area contributed by atoms with Gasteiger partial charge in [0.05, 0.1) is 5.52 Å². The number of rotatable bonds is 5. The maximum absolute atomic E-state index is 13.1. The van der Waals surface area contributed by atoms with Crippen LogP contribution in [0.2, 0.25) is 0 Å². The number of carbonyl (C=O) groups excluding carboxylic acids is 1. The number of para-hydroxylation sites is 1. The molecular formula is C25H32N6O2. The van der Waals surface area contributed by atoms with Gasteiger partial charge in [-0.05, 0) is 76.5 Å². The van der Waals surface area contributed by atoms with E-state index in [1.165, 1.54) is 0 Å². The molecule has 0 spiro atoms. The summed E-state index contributed by atoms with van der Waals surface area (Å²) in [6.45, 7) is 5.68. The van der Waals surface area contributed by atoms with Crippen LogP contribution in [0.4, 0.5) is 5.95 Å². The molecule has 2 aromatic heterocycles. The molecule has 174 valence electrons. The van der Waals surface area contributed by atoms with Crippen molar-refractivity contribution in [3.63, 3.8) is 0 Å². The third-order valence-electron chi connectivity index (χ3n) is 6.52. The summed E-state index contributed by atoms with van der Waals surface area (Å²) >= 11 is 0. The van der Waals surface area contributed by atoms with Gasteiger partial charge in [-0.3, -0.25) is 15.1 Å². The van der Waals surface area contributed by atoms with Gasteiger partial charge in [-0.15, -0.1) is 0 Å². The fourth-order valence-electron chi connectivity index (χ4n) is 4.83. The number of aromatic nitrogens is 3. The van der Waals surface area contributed by atoms with E-state index < -0.39 is 0 Å². The van der Waals surface area contributed by atoms with Gasteiger partial charge in [-0.1, -0.05) is 12.5 Å². The Morgan fingerprint density at radius 1 is 1.12 bits per heavy atom. The van der Waals surface area contributed by atoms with Gasteiger partial charge < -0.3 is 19.9 Å². The summed E-state index contributed by atoms with van der Waals surface area (Å²) in [5.41, 5.74) is 3.19. The van der Waals surface area contributed by atoms with E-state index in [0.717, 1.165) is 80.8 Å². The van der Waals surface area contributed by atoms with Gasteiger partial charge in [-0.2, -0.15) is 0 Å². The fraction of sp³-hybridized carbons (Fsp3) is 0.480. The second-order valence-electron chi connectivity index (χ2n) is 8.99. The second-order valence-corrected chi connectivity index (χ2v) is 8.99. The highest BCUT2D eigenvalue weighted by Gasteiger charge is 2.25. The number of hydrogen-bond donors (Lipinski definition) is 3. The summed E-state index contributed by atoms with van der Waals surface area (Å²) in [4.78, 5) is 22.2. The first-order valence-corrected chi connectivity index (χ1v) is 12.0. The number of pyridine rings is 1. The first-order valence-electron chi connectivity index (χ1n) is 12.0. The number of carbonyl (C=O) groups is 1. The number of fused-ring (bicyclic) bond motifs is 1. The molecule has 3 aromatic rings. The predicted octanol–water partition coefficient (Wildman–Crippen LogP) is 3.44. The van der Waals surface area contributed by atoms with Crippen molar-refractivity contribution in [1.82, 2.24) is 25.2 Å². The molecule has 8 nitrogen and oxygen atoms in total. The number of hydrogen-bond acceptors (Lipinski definition) is 6. The Bertz CT molecular complexity index is 1110. The number of nitrogens with zero attached hydrogens (tertiary/aromatic N) is 3. The molecule has 0 unspecified atom stereocenters. The summed E-state index contributed by atoms with van der Waals surface area (Å²) in [5.74, 6) is 1.23. The third kappa shape index (κ3) is 4.86. The molecule has 2 saturated heterocycles. The van der Waals surface area contributed by atoms with E-state index in [0.29, 0.717) is 11.5 Å². The number of benzene rings is 1. The molecule has 0 saturated carbocycles. The molecule has 1 atom stereocenters. The molecule has 0 aliphatic carbocycles. The Kier molecular flexibility index (Phi) is 6.55. The van der Waals surface area contributed by atoms with Crippen LogP contribution in [0.5, 0.6) is 5.75 Å². The second kappa shape index (κ2) is 9.89. The molecule has 1 amide bonds. The molecular weight excluding hydrogens is 416 g/mol. The quantitative estimate of drug-likeness (QED) is 0.554. The van der Waals surface area contributed by atoms with E-state index in [1.54, 1.807) is 18.3 Å². The van der Waals surface area contributed by atoms with Crippen LogP contribution in [-0.2, 0) is 0 Å². The van der Waals surface area contributed by atoms with Crippen molar-refractivity contribution >= 4 is 22.9 Å². The largest absolute Gasteiger partial charge is 0.488 e. The van der Waals surface area contributed by atoms with Gasteiger partial charge in [-0.25, -0.2) is 4.98 Å².